The van der Waals surface area contributed by atoms with Crippen molar-refractivity contribution in [3.8, 4) is 0 Å². The van der Waals surface area contributed by atoms with Gasteiger partial charge in [0.05, 0.1) is 19.3 Å². The van der Waals surface area contributed by atoms with Crippen LogP contribution in [0.4, 0.5) is 0 Å². The van der Waals surface area contributed by atoms with E-state index in [1.807, 2.05) is 49.4 Å². The molecule has 0 spiro atoms. The SMILES string of the molecule is Cc1ccc(C(CNC(=O)/C=C/c2cc3ccccc3o2)N2CCOCC2)o1. The van der Waals surface area contributed by atoms with Crippen LogP contribution in [0.5, 0.6) is 0 Å². The van der Waals surface area contributed by atoms with E-state index < -0.39 is 0 Å². The fraction of sp³-hybridized carbons (Fsp3) is 0.318. The van der Waals surface area contributed by atoms with E-state index in [1.54, 1.807) is 6.08 Å². The number of hydrogen-bond acceptors (Lipinski definition) is 5. The van der Waals surface area contributed by atoms with E-state index in [2.05, 4.69) is 10.2 Å². The Morgan fingerprint density at radius 1 is 1.18 bits per heavy atom. The molecule has 0 aliphatic carbocycles. The van der Waals surface area contributed by atoms with Crippen LogP contribution < -0.4 is 5.32 Å². The maximum Gasteiger partial charge on any atom is 0.244 e. The van der Waals surface area contributed by atoms with Crippen molar-refractivity contribution in [2.24, 2.45) is 0 Å². The molecule has 1 atom stereocenters. The van der Waals surface area contributed by atoms with Crippen molar-refractivity contribution in [2.75, 3.05) is 32.8 Å². The molecule has 1 amide bonds. The molecular weight excluding hydrogens is 356 g/mol. The van der Waals surface area contributed by atoms with E-state index in [-0.39, 0.29) is 11.9 Å². The lowest BCUT2D eigenvalue weighted by molar-refractivity contribution is -0.116. The molecule has 0 saturated carbocycles. The number of aryl methyl sites for hydroxylation is 1. The molecule has 28 heavy (non-hydrogen) atoms. The standard InChI is InChI=1S/C22H24N2O4/c1-16-6-8-21(27-16)19(24-10-12-26-13-11-24)15-23-22(25)9-7-18-14-17-4-2-3-5-20(17)28-18/h2-9,14,19H,10-13,15H2,1H3,(H,23,25)/b9-7+. The van der Waals surface area contributed by atoms with Gasteiger partial charge >= 0.3 is 0 Å². The van der Waals surface area contributed by atoms with Gasteiger partial charge in [-0.25, -0.2) is 0 Å². The number of benzene rings is 1. The first-order valence-electron chi connectivity index (χ1n) is 9.52. The van der Waals surface area contributed by atoms with Crippen LogP contribution in [0.25, 0.3) is 17.0 Å². The number of morpholine rings is 1. The molecule has 1 saturated heterocycles. The lowest BCUT2D eigenvalue weighted by Crippen LogP contribution is -2.43. The normalized spacial score (nSPS) is 16.6. The highest BCUT2D eigenvalue weighted by molar-refractivity contribution is 5.92. The fourth-order valence-corrected chi connectivity index (χ4v) is 3.43. The minimum Gasteiger partial charge on any atom is -0.465 e. The van der Waals surface area contributed by atoms with Crippen molar-refractivity contribution in [1.82, 2.24) is 10.2 Å². The average Bonchev–Trinajstić information content (AvgIpc) is 3.33. The number of amides is 1. The number of carbonyl (C=O) groups is 1. The van der Waals surface area contributed by atoms with E-state index in [0.717, 1.165) is 35.6 Å². The Morgan fingerprint density at radius 3 is 2.75 bits per heavy atom. The Balaban J connectivity index is 1.40. The van der Waals surface area contributed by atoms with E-state index in [0.29, 0.717) is 25.5 Å². The molecular formula is C22H24N2O4. The van der Waals surface area contributed by atoms with E-state index in [4.69, 9.17) is 13.6 Å². The first-order chi connectivity index (χ1) is 13.7. The summed E-state index contributed by atoms with van der Waals surface area (Å²) in [6, 6.07) is 13.6. The molecule has 3 aromatic rings. The van der Waals surface area contributed by atoms with Crippen LogP contribution in [0, 0.1) is 6.92 Å². The zero-order valence-corrected chi connectivity index (χ0v) is 15.9. The molecule has 1 fully saturated rings. The minimum absolute atomic E-state index is 0.0128. The summed E-state index contributed by atoms with van der Waals surface area (Å²) in [6.07, 6.45) is 3.19. The number of nitrogens with zero attached hydrogens (tertiary/aromatic N) is 1. The molecule has 2 aromatic heterocycles. The number of rotatable bonds is 6. The maximum atomic E-state index is 12.3. The fourth-order valence-electron chi connectivity index (χ4n) is 3.43. The van der Waals surface area contributed by atoms with Gasteiger partial charge in [0.15, 0.2) is 0 Å². The molecule has 1 aromatic carbocycles. The Labute approximate surface area is 163 Å². The molecule has 146 valence electrons. The van der Waals surface area contributed by atoms with Crippen molar-refractivity contribution in [1.29, 1.82) is 0 Å². The summed E-state index contributed by atoms with van der Waals surface area (Å²) in [5.41, 5.74) is 0.808. The minimum atomic E-state index is -0.165. The smallest absolute Gasteiger partial charge is 0.244 e. The third kappa shape index (κ3) is 4.35. The monoisotopic (exact) mass is 380 g/mol. The van der Waals surface area contributed by atoms with Crippen molar-refractivity contribution in [2.45, 2.75) is 13.0 Å². The lowest BCUT2D eigenvalue weighted by Gasteiger charge is -2.33. The predicted octanol–water partition coefficient (Wildman–Crippen LogP) is 3.54. The summed E-state index contributed by atoms with van der Waals surface area (Å²) in [4.78, 5) is 14.6. The van der Waals surface area contributed by atoms with Gasteiger partial charge in [-0.2, -0.15) is 0 Å². The highest BCUT2D eigenvalue weighted by Gasteiger charge is 2.25. The van der Waals surface area contributed by atoms with E-state index >= 15 is 0 Å². The van der Waals surface area contributed by atoms with Gasteiger partial charge in [0.25, 0.3) is 0 Å². The zero-order chi connectivity index (χ0) is 19.3. The summed E-state index contributed by atoms with van der Waals surface area (Å²) in [6.45, 7) is 5.40. The molecule has 3 heterocycles. The number of para-hydroxylation sites is 1. The van der Waals surface area contributed by atoms with Gasteiger partial charge in [0.2, 0.25) is 5.91 Å². The number of furan rings is 2. The quantitative estimate of drug-likeness (QED) is 0.663. The van der Waals surface area contributed by atoms with Crippen LogP contribution in [-0.4, -0.2) is 43.7 Å². The van der Waals surface area contributed by atoms with Crippen LogP contribution in [0.2, 0.25) is 0 Å². The molecule has 0 bridgehead atoms. The Bertz CT molecular complexity index is 933. The van der Waals surface area contributed by atoms with E-state index in [9.17, 15) is 4.79 Å². The zero-order valence-electron chi connectivity index (χ0n) is 15.9. The number of nitrogens with one attached hydrogen (secondary N) is 1. The Hall–Kier alpha value is -2.83. The highest BCUT2D eigenvalue weighted by Crippen LogP contribution is 2.23. The second-order valence-corrected chi connectivity index (χ2v) is 6.88. The Kier molecular flexibility index (Phi) is 5.60. The third-order valence-electron chi connectivity index (χ3n) is 4.89. The molecule has 6 nitrogen and oxygen atoms in total. The second kappa shape index (κ2) is 8.46. The molecule has 1 aliphatic heterocycles. The summed E-state index contributed by atoms with van der Waals surface area (Å²) in [5.74, 6) is 2.22. The van der Waals surface area contributed by atoms with Gasteiger partial charge in [0.1, 0.15) is 22.9 Å². The number of ether oxygens (including phenoxy) is 1. The predicted molar refractivity (Wildman–Crippen MR) is 107 cm³/mol. The largest absolute Gasteiger partial charge is 0.465 e. The Morgan fingerprint density at radius 2 is 2.00 bits per heavy atom. The molecule has 1 aliphatic rings. The number of fused-ring (bicyclic) bond motifs is 1. The first kappa shape index (κ1) is 18.5. The maximum absolute atomic E-state index is 12.3. The van der Waals surface area contributed by atoms with Gasteiger partial charge in [-0.05, 0) is 37.3 Å². The molecule has 1 unspecified atom stereocenters. The van der Waals surface area contributed by atoms with Crippen LogP contribution in [0.1, 0.15) is 23.3 Å². The van der Waals surface area contributed by atoms with Gasteiger partial charge in [-0.15, -0.1) is 0 Å². The van der Waals surface area contributed by atoms with Crippen molar-refractivity contribution >= 4 is 23.0 Å². The first-order valence-corrected chi connectivity index (χ1v) is 9.52. The van der Waals surface area contributed by atoms with Gasteiger partial charge in [-0.1, -0.05) is 18.2 Å². The molecule has 6 heteroatoms. The second-order valence-electron chi connectivity index (χ2n) is 6.88. The number of carbonyl (C=O) groups excluding carboxylic acids is 1. The lowest BCUT2D eigenvalue weighted by atomic mass is 10.1. The van der Waals surface area contributed by atoms with Crippen LogP contribution >= 0.6 is 0 Å². The van der Waals surface area contributed by atoms with Gasteiger partial charge < -0.3 is 18.9 Å². The van der Waals surface area contributed by atoms with Crippen LogP contribution in [0.3, 0.4) is 0 Å². The van der Waals surface area contributed by atoms with E-state index in [1.165, 1.54) is 6.08 Å². The van der Waals surface area contributed by atoms with Crippen LogP contribution in [0.15, 0.2) is 57.4 Å². The summed E-state index contributed by atoms with van der Waals surface area (Å²) in [5, 5.41) is 4.00. The average molecular weight is 380 g/mol. The molecule has 4 rings (SSSR count). The van der Waals surface area contributed by atoms with Gasteiger partial charge in [-0.3, -0.25) is 9.69 Å². The third-order valence-corrected chi connectivity index (χ3v) is 4.89. The number of hydrogen-bond donors (Lipinski definition) is 1. The van der Waals surface area contributed by atoms with Crippen LogP contribution in [-0.2, 0) is 9.53 Å². The van der Waals surface area contributed by atoms with Crippen molar-refractivity contribution in [3.63, 3.8) is 0 Å². The molecule has 1 N–H and O–H groups in total. The summed E-state index contributed by atoms with van der Waals surface area (Å²) in [7, 11) is 0. The summed E-state index contributed by atoms with van der Waals surface area (Å²) >= 11 is 0. The van der Waals surface area contributed by atoms with Gasteiger partial charge in [0, 0.05) is 31.1 Å². The molecule has 0 radical (unpaired) electrons. The van der Waals surface area contributed by atoms with Crippen molar-refractivity contribution < 1.29 is 18.4 Å². The topological polar surface area (TPSA) is 67.9 Å². The van der Waals surface area contributed by atoms with Crippen molar-refractivity contribution in [3.05, 3.63) is 65.8 Å². The highest BCUT2D eigenvalue weighted by atomic mass is 16.5. The summed E-state index contributed by atoms with van der Waals surface area (Å²) < 4.78 is 17.0.